The normalized spacial score (nSPS) is 23.9. The quantitative estimate of drug-likeness (QED) is 0.846. The Labute approximate surface area is 110 Å². The van der Waals surface area contributed by atoms with E-state index in [0.717, 1.165) is 4.88 Å². The fraction of sp³-hybridized carbons (Fsp3) is 0.545. The van der Waals surface area contributed by atoms with Gasteiger partial charge >= 0.3 is 5.97 Å². The molecule has 0 saturated carbocycles. The van der Waals surface area contributed by atoms with E-state index in [1.54, 1.807) is 0 Å². The zero-order chi connectivity index (χ0) is 13.2. The van der Waals surface area contributed by atoms with Gasteiger partial charge in [-0.25, -0.2) is 8.42 Å². The molecule has 1 aromatic rings. The van der Waals surface area contributed by atoms with Crippen LogP contribution in [0.15, 0.2) is 17.5 Å². The molecule has 1 aliphatic heterocycles. The van der Waals surface area contributed by atoms with E-state index in [0.29, 0.717) is 6.42 Å². The summed E-state index contributed by atoms with van der Waals surface area (Å²) in [7, 11) is -2.94. The number of carbonyl (C=O) groups is 1. The zero-order valence-electron chi connectivity index (χ0n) is 9.70. The lowest BCUT2D eigenvalue weighted by Crippen LogP contribution is -2.34. The van der Waals surface area contributed by atoms with Crippen LogP contribution in [0.4, 0.5) is 0 Å². The second-order valence-corrected chi connectivity index (χ2v) is 7.64. The SMILES string of the molecule is O=C(O)CC(NC1CCS(=O)(=O)C1)c1cccs1. The molecule has 5 nitrogen and oxygen atoms in total. The molecule has 0 radical (unpaired) electrons. The first-order chi connectivity index (χ1) is 8.46. The summed E-state index contributed by atoms with van der Waals surface area (Å²) in [4.78, 5) is 11.8. The molecule has 2 unspecified atom stereocenters. The summed E-state index contributed by atoms with van der Waals surface area (Å²) in [5.74, 6) is -0.592. The van der Waals surface area contributed by atoms with E-state index in [-0.39, 0.29) is 30.0 Å². The van der Waals surface area contributed by atoms with Crippen molar-refractivity contribution in [3.8, 4) is 0 Å². The molecular formula is C11H15NO4S2. The van der Waals surface area contributed by atoms with Gasteiger partial charge in [-0.2, -0.15) is 0 Å². The number of aliphatic carboxylic acids is 1. The van der Waals surface area contributed by atoms with Gasteiger partial charge in [0.2, 0.25) is 0 Å². The van der Waals surface area contributed by atoms with Crippen LogP contribution in [0.3, 0.4) is 0 Å². The second-order valence-electron chi connectivity index (χ2n) is 4.43. The van der Waals surface area contributed by atoms with Gasteiger partial charge in [0.15, 0.2) is 9.84 Å². The summed E-state index contributed by atoms with van der Waals surface area (Å²) in [6.07, 6.45) is 0.529. The monoisotopic (exact) mass is 289 g/mol. The van der Waals surface area contributed by atoms with Crippen molar-refractivity contribution in [2.75, 3.05) is 11.5 Å². The largest absolute Gasteiger partial charge is 0.481 e. The summed E-state index contributed by atoms with van der Waals surface area (Å²) in [5, 5.41) is 13.9. The van der Waals surface area contributed by atoms with Crippen molar-refractivity contribution in [2.45, 2.75) is 24.9 Å². The second kappa shape index (κ2) is 5.38. The Hall–Kier alpha value is -0.920. The maximum absolute atomic E-state index is 11.4. The fourth-order valence-corrected chi connectivity index (χ4v) is 4.59. The van der Waals surface area contributed by atoms with E-state index < -0.39 is 15.8 Å². The molecule has 0 bridgehead atoms. The van der Waals surface area contributed by atoms with Crippen LogP contribution < -0.4 is 5.32 Å². The molecular weight excluding hydrogens is 274 g/mol. The highest BCUT2D eigenvalue weighted by molar-refractivity contribution is 7.91. The van der Waals surface area contributed by atoms with Crippen LogP contribution in [0.2, 0.25) is 0 Å². The summed E-state index contributed by atoms with van der Waals surface area (Å²) in [5.41, 5.74) is 0. The Kier molecular flexibility index (Phi) is 4.04. The zero-order valence-corrected chi connectivity index (χ0v) is 11.3. The number of carboxylic acids is 1. The Morgan fingerprint density at radius 2 is 2.39 bits per heavy atom. The van der Waals surface area contributed by atoms with Crippen LogP contribution in [-0.4, -0.2) is 37.0 Å². The summed E-state index contributed by atoms with van der Waals surface area (Å²) in [6.45, 7) is 0. The van der Waals surface area contributed by atoms with Gasteiger partial charge in [-0.1, -0.05) is 6.07 Å². The molecule has 0 aliphatic carbocycles. The van der Waals surface area contributed by atoms with Crippen LogP contribution >= 0.6 is 11.3 Å². The van der Waals surface area contributed by atoms with Crippen molar-refractivity contribution in [3.05, 3.63) is 22.4 Å². The highest BCUT2D eigenvalue weighted by Gasteiger charge is 2.30. The van der Waals surface area contributed by atoms with Gasteiger partial charge in [-0.05, 0) is 17.9 Å². The molecule has 1 saturated heterocycles. The lowest BCUT2D eigenvalue weighted by atomic mass is 10.1. The first-order valence-electron chi connectivity index (χ1n) is 5.68. The van der Waals surface area contributed by atoms with Crippen LogP contribution in [0.25, 0.3) is 0 Å². The Morgan fingerprint density at radius 3 is 2.89 bits per heavy atom. The number of hydrogen-bond acceptors (Lipinski definition) is 5. The minimum atomic E-state index is -2.94. The minimum absolute atomic E-state index is 0.0307. The lowest BCUT2D eigenvalue weighted by Gasteiger charge is -2.19. The highest BCUT2D eigenvalue weighted by atomic mass is 32.2. The van der Waals surface area contributed by atoms with Gasteiger partial charge in [0.25, 0.3) is 0 Å². The Morgan fingerprint density at radius 1 is 1.61 bits per heavy atom. The van der Waals surface area contributed by atoms with Crippen molar-refractivity contribution in [3.63, 3.8) is 0 Å². The third kappa shape index (κ3) is 3.54. The smallest absolute Gasteiger partial charge is 0.305 e. The van der Waals surface area contributed by atoms with E-state index >= 15 is 0 Å². The summed E-state index contributed by atoms with van der Waals surface area (Å²) < 4.78 is 22.8. The predicted octanol–water partition coefficient (Wildman–Crippen LogP) is 1.04. The number of sulfone groups is 1. The first kappa shape index (κ1) is 13.5. The van der Waals surface area contributed by atoms with Crippen molar-refractivity contribution in [2.24, 2.45) is 0 Å². The molecule has 2 N–H and O–H groups in total. The van der Waals surface area contributed by atoms with E-state index in [1.165, 1.54) is 11.3 Å². The molecule has 0 amide bonds. The van der Waals surface area contributed by atoms with E-state index in [2.05, 4.69) is 5.32 Å². The van der Waals surface area contributed by atoms with Crippen molar-refractivity contribution >= 4 is 27.1 Å². The van der Waals surface area contributed by atoms with Crippen LogP contribution in [-0.2, 0) is 14.6 Å². The van der Waals surface area contributed by atoms with Crippen molar-refractivity contribution in [1.29, 1.82) is 0 Å². The fourth-order valence-electron chi connectivity index (χ4n) is 2.12. The van der Waals surface area contributed by atoms with Crippen LogP contribution in [0.1, 0.15) is 23.8 Å². The van der Waals surface area contributed by atoms with Crippen LogP contribution in [0.5, 0.6) is 0 Å². The average Bonchev–Trinajstić information content (AvgIpc) is 2.86. The number of rotatable bonds is 5. The van der Waals surface area contributed by atoms with Gasteiger partial charge in [0.05, 0.1) is 24.0 Å². The maximum Gasteiger partial charge on any atom is 0.305 e. The molecule has 1 aromatic heterocycles. The van der Waals surface area contributed by atoms with Gasteiger partial charge in [-0.3, -0.25) is 4.79 Å². The van der Waals surface area contributed by atoms with Crippen LogP contribution in [0, 0.1) is 0 Å². The topological polar surface area (TPSA) is 83.5 Å². The molecule has 100 valence electrons. The summed E-state index contributed by atoms with van der Waals surface area (Å²) >= 11 is 1.48. The van der Waals surface area contributed by atoms with E-state index in [9.17, 15) is 13.2 Å². The Balaban J connectivity index is 2.04. The van der Waals surface area contributed by atoms with Gasteiger partial charge in [-0.15, -0.1) is 11.3 Å². The number of hydrogen-bond donors (Lipinski definition) is 2. The van der Waals surface area contributed by atoms with E-state index in [4.69, 9.17) is 5.11 Å². The number of nitrogens with one attached hydrogen (secondary N) is 1. The first-order valence-corrected chi connectivity index (χ1v) is 8.38. The molecule has 1 aliphatic rings. The molecule has 1 fully saturated rings. The standard InChI is InChI=1S/C11H15NO4S2/c13-11(14)6-9(10-2-1-4-17-10)12-8-3-5-18(15,16)7-8/h1-2,4,8-9,12H,3,5-7H2,(H,13,14). The molecule has 18 heavy (non-hydrogen) atoms. The van der Waals surface area contributed by atoms with Crippen molar-refractivity contribution in [1.82, 2.24) is 5.32 Å². The molecule has 2 atom stereocenters. The molecule has 2 heterocycles. The predicted molar refractivity (Wildman–Crippen MR) is 69.5 cm³/mol. The number of carboxylic acid groups (broad SMARTS) is 1. The van der Waals surface area contributed by atoms with Crippen molar-refractivity contribution < 1.29 is 18.3 Å². The van der Waals surface area contributed by atoms with Gasteiger partial charge in [0.1, 0.15) is 0 Å². The van der Waals surface area contributed by atoms with E-state index in [1.807, 2.05) is 17.5 Å². The third-order valence-corrected chi connectivity index (χ3v) is 5.69. The maximum atomic E-state index is 11.4. The van der Waals surface area contributed by atoms with Gasteiger partial charge < -0.3 is 10.4 Å². The lowest BCUT2D eigenvalue weighted by molar-refractivity contribution is -0.137. The third-order valence-electron chi connectivity index (χ3n) is 2.93. The molecule has 7 heteroatoms. The molecule has 0 spiro atoms. The average molecular weight is 289 g/mol. The minimum Gasteiger partial charge on any atom is -0.481 e. The molecule has 0 aromatic carbocycles. The summed E-state index contributed by atoms with van der Waals surface area (Å²) in [6, 6.07) is 3.29. The number of thiophene rings is 1. The Bertz CT molecular complexity index is 509. The van der Waals surface area contributed by atoms with Gasteiger partial charge in [0, 0.05) is 10.9 Å². The highest BCUT2D eigenvalue weighted by Crippen LogP contribution is 2.24. The molecule has 2 rings (SSSR count).